The first-order chi connectivity index (χ1) is 20.1. The number of carbonyl (C=O) groups excluding carboxylic acids is 1. The highest BCUT2D eigenvalue weighted by Crippen LogP contribution is 2.31. The fraction of sp³-hybridized carbons (Fsp3) is 0.0968. The number of fused-ring (bicyclic) bond motifs is 2. The lowest BCUT2D eigenvalue weighted by Crippen LogP contribution is -2.36. The van der Waals surface area contributed by atoms with Crippen molar-refractivity contribution in [2.45, 2.75) is 18.4 Å². The maximum atomic E-state index is 13.9. The van der Waals surface area contributed by atoms with Crippen molar-refractivity contribution in [3.8, 4) is 0 Å². The van der Waals surface area contributed by atoms with Gasteiger partial charge in [-0.25, -0.2) is 8.42 Å². The lowest BCUT2D eigenvalue weighted by atomic mass is 10.0. The molecular weight excluding hydrogens is 590 g/mol. The van der Waals surface area contributed by atoms with Gasteiger partial charge in [-0.15, -0.1) is 12.4 Å². The molecule has 0 atom stereocenters. The van der Waals surface area contributed by atoms with E-state index in [2.05, 4.69) is 10.3 Å². The standard InChI is InChI=1S/C31H27N5O5S.ClH/c1-19-14-15-34-29-24(19)5-3-7-27(29)42(40,41)36(18-28(37)38)23-12-13-25-22(16-23)4-2-6-26(25)31(39)35-17-20-8-10-21(11-9-20)30(32)33;/h2-16H,17-18H2,1H3,(H3,32,33)(H,35,39)(H,37,38);1H. The van der Waals surface area contributed by atoms with Crippen LogP contribution in [0.4, 0.5) is 5.69 Å². The number of nitrogen functional groups attached to an aromatic ring is 1. The van der Waals surface area contributed by atoms with Crippen molar-refractivity contribution in [2.75, 3.05) is 10.8 Å². The summed E-state index contributed by atoms with van der Waals surface area (Å²) in [5, 5.41) is 21.8. The average molecular weight is 618 g/mol. The van der Waals surface area contributed by atoms with Crippen molar-refractivity contribution >= 4 is 67.5 Å². The summed E-state index contributed by atoms with van der Waals surface area (Å²) < 4.78 is 28.7. The second-order valence-corrected chi connectivity index (χ2v) is 11.5. The van der Waals surface area contributed by atoms with Crippen molar-refractivity contribution < 1.29 is 23.1 Å². The van der Waals surface area contributed by atoms with Crippen molar-refractivity contribution in [2.24, 2.45) is 5.73 Å². The SMILES string of the molecule is Cc1ccnc2c(S(=O)(=O)N(CC(=O)O)c3ccc4c(C(=O)NCc5ccc(C(=N)N)cc5)cccc4c3)cccc12.Cl. The van der Waals surface area contributed by atoms with Crippen LogP contribution in [0.5, 0.6) is 0 Å². The summed E-state index contributed by atoms with van der Waals surface area (Å²) >= 11 is 0. The van der Waals surface area contributed by atoms with Gasteiger partial charge < -0.3 is 16.2 Å². The van der Waals surface area contributed by atoms with Crippen molar-refractivity contribution in [3.63, 3.8) is 0 Å². The quantitative estimate of drug-likeness (QED) is 0.138. The summed E-state index contributed by atoms with van der Waals surface area (Å²) in [6.07, 6.45) is 1.52. The lowest BCUT2D eigenvalue weighted by Gasteiger charge is -2.24. The van der Waals surface area contributed by atoms with Crippen LogP contribution in [0.1, 0.15) is 27.0 Å². The van der Waals surface area contributed by atoms with Crippen LogP contribution in [0.25, 0.3) is 21.7 Å². The number of pyridine rings is 1. The number of amides is 1. The summed E-state index contributed by atoms with van der Waals surface area (Å²) in [6.45, 7) is 1.28. The second kappa shape index (κ2) is 12.5. The maximum absolute atomic E-state index is 13.9. The molecule has 5 aromatic rings. The maximum Gasteiger partial charge on any atom is 0.324 e. The Kier molecular flexibility index (Phi) is 8.98. The molecule has 0 radical (unpaired) electrons. The zero-order valence-electron chi connectivity index (χ0n) is 22.9. The van der Waals surface area contributed by atoms with E-state index in [1.807, 2.05) is 6.92 Å². The first-order valence-corrected chi connectivity index (χ1v) is 14.3. The molecule has 0 bridgehead atoms. The first-order valence-electron chi connectivity index (χ1n) is 12.9. The predicted molar refractivity (Wildman–Crippen MR) is 168 cm³/mol. The number of aliphatic carboxylic acids is 1. The average Bonchev–Trinajstić information content (AvgIpc) is 2.98. The zero-order valence-corrected chi connectivity index (χ0v) is 24.6. The van der Waals surface area contributed by atoms with Crippen LogP contribution in [-0.2, 0) is 21.4 Å². The van der Waals surface area contributed by atoms with E-state index >= 15 is 0 Å². The van der Waals surface area contributed by atoms with Gasteiger partial charge >= 0.3 is 5.97 Å². The Morgan fingerprint density at radius 1 is 0.977 bits per heavy atom. The molecule has 5 rings (SSSR count). The number of rotatable bonds is 9. The number of carbonyl (C=O) groups is 2. The van der Waals surface area contributed by atoms with E-state index in [4.69, 9.17) is 11.1 Å². The van der Waals surface area contributed by atoms with Gasteiger partial charge in [0.15, 0.2) is 0 Å². The van der Waals surface area contributed by atoms with Crippen LogP contribution < -0.4 is 15.4 Å². The molecule has 10 nitrogen and oxygen atoms in total. The third-order valence-corrected chi connectivity index (χ3v) is 8.72. The molecule has 0 saturated carbocycles. The van der Waals surface area contributed by atoms with Crippen molar-refractivity contribution in [1.82, 2.24) is 10.3 Å². The zero-order chi connectivity index (χ0) is 30.0. The van der Waals surface area contributed by atoms with Gasteiger partial charge in [-0.1, -0.05) is 54.6 Å². The molecule has 0 aliphatic rings. The molecule has 0 aliphatic heterocycles. The van der Waals surface area contributed by atoms with E-state index in [0.717, 1.165) is 15.4 Å². The highest BCUT2D eigenvalue weighted by Gasteiger charge is 2.30. The van der Waals surface area contributed by atoms with Gasteiger partial charge in [0.05, 0.1) is 11.2 Å². The lowest BCUT2D eigenvalue weighted by molar-refractivity contribution is -0.135. The smallest absolute Gasteiger partial charge is 0.324 e. The largest absolute Gasteiger partial charge is 0.480 e. The number of carboxylic acids is 1. The highest BCUT2D eigenvalue weighted by atomic mass is 35.5. The number of benzene rings is 4. The molecular formula is C31H28ClN5O5S. The topological polar surface area (TPSA) is 167 Å². The highest BCUT2D eigenvalue weighted by molar-refractivity contribution is 7.93. The number of sulfonamides is 1. The molecule has 12 heteroatoms. The Balaban J connectivity index is 0.00000423. The van der Waals surface area contributed by atoms with Crippen LogP contribution >= 0.6 is 12.4 Å². The second-order valence-electron chi connectivity index (χ2n) is 9.69. The van der Waals surface area contributed by atoms with Crippen molar-refractivity contribution in [3.05, 3.63) is 113 Å². The van der Waals surface area contributed by atoms with Crippen LogP contribution in [0.2, 0.25) is 0 Å². The van der Waals surface area contributed by atoms with E-state index in [1.54, 1.807) is 72.8 Å². The molecule has 0 saturated heterocycles. The summed E-state index contributed by atoms with van der Waals surface area (Å²) in [5.41, 5.74) is 8.51. The molecule has 1 aromatic heterocycles. The number of nitrogens with zero attached hydrogens (tertiary/aromatic N) is 2. The fourth-order valence-corrected chi connectivity index (χ4v) is 6.32. The van der Waals surface area contributed by atoms with Gasteiger partial charge in [0.25, 0.3) is 15.9 Å². The first kappa shape index (κ1) is 30.9. The van der Waals surface area contributed by atoms with E-state index in [1.165, 1.54) is 18.3 Å². The molecule has 1 heterocycles. The molecule has 5 N–H and O–H groups in total. The molecule has 43 heavy (non-hydrogen) atoms. The predicted octanol–water partition coefficient (Wildman–Crippen LogP) is 4.61. The van der Waals surface area contributed by atoms with Gasteiger partial charge in [-0.3, -0.25) is 24.3 Å². The summed E-state index contributed by atoms with van der Waals surface area (Å²) in [5.74, 6) is -1.71. The van der Waals surface area contributed by atoms with Gasteiger partial charge in [0.2, 0.25) is 0 Å². The summed E-state index contributed by atoms with van der Waals surface area (Å²) in [4.78, 5) is 29.1. The summed E-state index contributed by atoms with van der Waals surface area (Å²) in [7, 11) is -4.35. The summed E-state index contributed by atoms with van der Waals surface area (Å²) in [6, 6.07) is 23.2. The fourth-order valence-electron chi connectivity index (χ4n) is 4.76. The number of amidine groups is 1. The van der Waals surface area contributed by atoms with Crippen LogP contribution in [0.3, 0.4) is 0 Å². The third kappa shape index (κ3) is 6.27. The Bertz CT molecular complexity index is 1980. The molecule has 4 aromatic carbocycles. The van der Waals surface area contributed by atoms with E-state index in [-0.39, 0.29) is 46.8 Å². The molecule has 0 unspecified atom stereocenters. The van der Waals surface area contributed by atoms with Crippen molar-refractivity contribution in [1.29, 1.82) is 5.41 Å². The Morgan fingerprint density at radius 2 is 1.70 bits per heavy atom. The number of carboxylic acid groups (broad SMARTS) is 1. The van der Waals surface area contributed by atoms with E-state index in [0.29, 0.717) is 27.3 Å². The van der Waals surface area contributed by atoms with Crippen LogP contribution in [0.15, 0.2) is 96.0 Å². The molecule has 0 aliphatic carbocycles. The number of anilines is 1. The Labute approximate surface area is 254 Å². The number of nitrogens with one attached hydrogen (secondary N) is 2. The van der Waals surface area contributed by atoms with Gasteiger partial charge in [-0.05, 0) is 59.2 Å². The molecule has 0 spiro atoms. The number of hydrogen-bond acceptors (Lipinski definition) is 6. The number of nitrogens with two attached hydrogens (primary N) is 1. The van der Waals surface area contributed by atoms with E-state index < -0.39 is 22.5 Å². The Hall–Kier alpha value is -5.00. The number of hydrogen-bond donors (Lipinski definition) is 4. The Morgan fingerprint density at radius 3 is 2.40 bits per heavy atom. The van der Waals surface area contributed by atoms with Gasteiger partial charge in [-0.2, -0.15) is 0 Å². The number of aryl methyl sites for hydroxylation is 1. The minimum Gasteiger partial charge on any atom is -0.480 e. The van der Waals surface area contributed by atoms with Gasteiger partial charge in [0.1, 0.15) is 17.3 Å². The monoisotopic (exact) mass is 617 g/mol. The molecule has 220 valence electrons. The normalized spacial score (nSPS) is 11.1. The van der Waals surface area contributed by atoms with Gasteiger partial charge in [0, 0.05) is 29.3 Å². The molecule has 0 fully saturated rings. The number of aromatic nitrogens is 1. The minimum absolute atomic E-state index is 0. The van der Waals surface area contributed by atoms with Crippen LogP contribution in [0, 0.1) is 12.3 Å². The molecule has 1 amide bonds. The van der Waals surface area contributed by atoms with E-state index in [9.17, 15) is 23.1 Å². The number of halogens is 1. The minimum atomic E-state index is -4.35. The third-order valence-electron chi connectivity index (χ3n) is 6.91. The van der Waals surface area contributed by atoms with Crippen LogP contribution in [-0.4, -0.2) is 42.8 Å². The number of para-hydroxylation sites is 1.